The number of benzene rings is 2. The molecule has 110 valence electrons. The van der Waals surface area contributed by atoms with E-state index in [1.165, 1.54) is 25.2 Å². The van der Waals surface area contributed by atoms with Gasteiger partial charge in [-0.05, 0) is 42.5 Å². The van der Waals surface area contributed by atoms with Crippen molar-refractivity contribution in [2.45, 2.75) is 0 Å². The molecule has 0 spiro atoms. The molecular formula is C16H12N2O4. The van der Waals surface area contributed by atoms with Crippen LogP contribution in [0.4, 0.5) is 5.69 Å². The second-order valence-electron chi connectivity index (χ2n) is 4.89. The van der Waals surface area contributed by atoms with Gasteiger partial charge in [0.05, 0.1) is 16.7 Å². The Morgan fingerprint density at radius 3 is 2.32 bits per heavy atom. The van der Waals surface area contributed by atoms with E-state index in [0.29, 0.717) is 16.8 Å². The minimum absolute atomic E-state index is 0.206. The first kappa shape index (κ1) is 13.8. The standard InChI is InChI=1S/C16H12N2O4/c1-18-14(19)12-7-6-11(8-13(12)15(18)20)22-16(21)9-2-4-10(17)5-3-9/h2-8H,17H2,1H3. The molecular weight excluding hydrogens is 284 g/mol. The molecule has 1 heterocycles. The maximum Gasteiger partial charge on any atom is 0.343 e. The van der Waals surface area contributed by atoms with Gasteiger partial charge >= 0.3 is 5.97 Å². The molecule has 2 aromatic rings. The van der Waals surface area contributed by atoms with Crippen LogP contribution in [-0.4, -0.2) is 29.7 Å². The molecule has 0 fully saturated rings. The van der Waals surface area contributed by atoms with Crippen LogP contribution in [-0.2, 0) is 0 Å². The summed E-state index contributed by atoms with van der Waals surface area (Å²) in [4.78, 5) is 36.7. The summed E-state index contributed by atoms with van der Waals surface area (Å²) < 4.78 is 5.22. The van der Waals surface area contributed by atoms with Crippen LogP contribution in [0.2, 0.25) is 0 Å². The number of nitrogen functional groups attached to an aromatic ring is 1. The topological polar surface area (TPSA) is 89.7 Å². The van der Waals surface area contributed by atoms with E-state index in [9.17, 15) is 14.4 Å². The van der Waals surface area contributed by atoms with Crippen molar-refractivity contribution in [3.05, 3.63) is 59.2 Å². The molecule has 0 aliphatic carbocycles. The summed E-state index contributed by atoms with van der Waals surface area (Å²) in [5.41, 5.74) is 6.98. The lowest BCUT2D eigenvalue weighted by Crippen LogP contribution is -2.24. The molecule has 0 radical (unpaired) electrons. The number of carbonyl (C=O) groups is 3. The first-order chi connectivity index (χ1) is 10.5. The van der Waals surface area contributed by atoms with Gasteiger partial charge in [-0.3, -0.25) is 14.5 Å². The second-order valence-corrected chi connectivity index (χ2v) is 4.89. The molecule has 0 saturated heterocycles. The van der Waals surface area contributed by atoms with Crippen molar-refractivity contribution in [3.8, 4) is 5.75 Å². The first-order valence-electron chi connectivity index (χ1n) is 6.51. The maximum absolute atomic E-state index is 12.0. The highest BCUT2D eigenvalue weighted by Crippen LogP contribution is 2.26. The van der Waals surface area contributed by atoms with Crippen LogP contribution in [0, 0.1) is 0 Å². The Morgan fingerprint density at radius 2 is 1.64 bits per heavy atom. The number of imide groups is 1. The molecule has 0 saturated carbocycles. The average Bonchev–Trinajstić information content (AvgIpc) is 2.72. The molecule has 1 aliphatic rings. The molecule has 0 aromatic heterocycles. The van der Waals surface area contributed by atoms with Crippen LogP contribution < -0.4 is 10.5 Å². The van der Waals surface area contributed by atoms with Crippen molar-refractivity contribution >= 4 is 23.5 Å². The van der Waals surface area contributed by atoms with E-state index in [2.05, 4.69) is 0 Å². The molecule has 2 amide bonds. The molecule has 6 heteroatoms. The number of esters is 1. The van der Waals surface area contributed by atoms with Gasteiger partial charge in [0, 0.05) is 12.7 Å². The summed E-state index contributed by atoms with van der Waals surface area (Å²) in [7, 11) is 1.41. The summed E-state index contributed by atoms with van der Waals surface area (Å²) in [6.07, 6.45) is 0. The van der Waals surface area contributed by atoms with Gasteiger partial charge in [-0.15, -0.1) is 0 Å². The number of carbonyl (C=O) groups excluding carboxylic acids is 3. The van der Waals surface area contributed by atoms with Crippen LogP contribution in [0.3, 0.4) is 0 Å². The number of nitrogens with two attached hydrogens (primary N) is 1. The molecule has 1 aliphatic heterocycles. The van der Waals surface area contributed by atoms with Gasteiger partial charge in [0.25, 0.3) is 11.8 Å². The molecule has 0 unspecified atom stereocenters. The van der Waals surface area contributed by atoms with Crippen LogP contribution in [0.15, 0.2) is 42.5 Å². The highest BCUT2D eigenvalue weighted by atomic mass is 16.5. The Kier molecular flexibility index (Phi) is 3.14. The number of nitrogens with zero attached hydrogens (tertiary/aromatic N) is 1. The van der Waals surface area contributed by atoms with E-state index < -0.39 is 11.9 Å². The number of amides is 2. The number of fused-ring (bicyclic) bond motifs is 1. The molecule has 0 bridgehead atoms. The van der Waals surface area contributed by atoms with E-state index in [1.807, 2.05) is 0 Å². The van der Waals surface area contributed by atoms with Gasteiger partial charge in [0.1, 0.15) is 5.75 Å². The third-order valence-electron chi connectivity index (χ3n) is 3.42. The Morgan fingerprint density at radius 1 is 1.00 bits per heavy atom. The van der Waals surface area contributed by atoms with E-state index in [0.717, 1.165) is 4.90 Å². The Hall–Kier alpha value is -3.15. The number of rotatable bonds is 2. The van der Waals surface area contributed by atoms with Crippen molar-refractivity contribution < 1.29 is 19.1 Å². The van der Waals surface area contributed by atoms with Gasteiger partial charge in [-0.1, -0.05) is 0 Å². The zero-order chi connectivity index (χ0) is 15.9. The minimum atomic E-state index is -0.565. The van der Waals surface area contributed by atoms with Crippen molar-refractivity contribution in [3.63, 3.8) is 0 Å². The van der Waals surface area contributed by atoms with Gasteiger partial charge in [0.2, 0.25) is 0 Å². The van der Waals surface area contributed by atoms with Gasteiger partial charge in [-0.2, -0.15) is 0 Å². The molecule has 22 heavy (non-hydrogen) atoms. The van der Waals surface area contributed by atoms with Gasteiger partial charge < -0.3 is 10.5 Å². The quantitative estimate of drug-likeness (QED) is 0.394. The summed E-state index contributed by atoms with van der Waals surface area (Å²) >= 11 is 0. The molecule has 2 aromatic carbocycles. The minimum Gasteiger partial charge on any atom is -0.423 e. The Bertz CT molecular complexity index is 796. The number of ether oxygens (including phenoxy) is 1. The zero-order valence-electron chi connectivity index (χ0n) is 11.7. The van der Waals surface area contributed by atoms with Crippen molar-refractivity contribution in [2.24, 2.45) is 0 Å². The molecule has 2 N–H and O–H groups in total. The normalized spacial score (nSPS) is 13.2. The van der Waals surface area contributed by atoms with Crippen LogP contribution in [0.1, 0.15) is 31.1 Å². The van der Waals surface area contributed by atoms with E-state index >= 15 is 0 Å². The number of anilines is 1. The first-order valence-corrected chi connectivity index (χ1v) is 6.51. The smallest absolute Gasteiger partial charge is 0.343 e. The molecule has 0 atom stereocenters. The lowest BCUT2D eigenvalue weighted by atomic mass is 10.1. The predicted molar refractivity (Wildman–Crippen MR) is 78.7 cm³/mol. The van der Waals surface area contributed by atoms with E-state index in [1.54, 1.807) is 24.3 Å². The average molecular weight is 296 g/mol. The monoisotopic (exact) mass is 296 g/mol. The fourth-order valence-corrected chi connectivity index (χ4v) is 2.19. The molecule has 6 nitrogen and oxygen atoms in total. The van der Waals surface area contributed by atoms with Crippen molar-refractivity contribution in [2.75, 3.05) is 12.8 Å². The lowest BCUT2D eigenvalue weighted by Gasteiger charge is -2.05. The van der Waals surface area contributed by atoms with Gasteiger partial charge in [-0.25, -0.2) is 4.79 Å². The van der Waals surface area contributed by atoms with E-state index in [4.69, 9.17) is 10.5 Å². The third kappa shape index (κ3) is 2.20. The predicted octanol–water partition coefficient (Wildman–Crippen LogP) is 1.71. The Balaban J connectivity index is 1.86. The largest absolute Gasteiger partial charge is 0.423 e. The maximum atomic E-state index is 12.0. The number of hydrogen-bond donors (Lipinski definition) is 1. The third-order valence-corrected chi connectivity index (χ3v) is 3.42. The molecule has 3 rings (SSSR count). The lowest BCUT2D eigenvalue weighted by molar-refractivity contribution is 0.0687. The fourth-order valence-electron chi connectivity index (χ4n) is 2.19. The van der Waals surface area contributed by atoms with Crippen molar-refractivity contribution in [1.29, 1.82) is 0 Å². The van der Waals surface area contributed by atoms with Crippen molar-refractivity contribution in [1.82, 2.24) is 4.90 Å². The summed E-state index contributed by atoms with van der Waals surface area (Å²) in [6.45, 7) is 0. The summed E-state index contributed by atoms with van der Waals surface area (Å²) in [5.74, 6) is -1.14. The van der Waals surface area contributed by atoms with Crippen LogP contribution in [0.5, 0.6) is 5.75 Å². The highest BCUT2D eigenvalue weighted by Gasteiger charge is 2.33. The SMILES string of the molecule is CN1C(=O)c2ccc(OC(=O)c3ccc(N)cc3)cc2C1=O. The van der Waals surface area contributed by atoms with E-state index in [-0.39, 0.29) is 17.2 Å². The Labute approximate surface area is 126 Å². The second kappa shape index (κ2) is 5.00. The fraction of sp³-hybridized carbons (Fsp3) is 0.0625. The summed E-state index contributed by atoms with van der Waals surface area (Å²) in [5, 5.41) is 0. The van der Waals surface area contributed by atoms with Crippen LogP contribution >= 0.6 is 0 Å². The summed E-state index contributed by atoms with van der Waals surface area (Å²) in [6, 6.07) is 10.6. The number of hydrogen-bond acceptors (Lipinski definition) is 5. The highest BCUT2D eigenvalue weighted by molar-refractivity contribution is 6.21. The zero-order valence-corrected chi connectivity index (χ0v) is 11.7. The van der Waals surface area contributed by atoms with Crippen LogP contribution in [0.25, 0.3) is 0 Å². The van der Waals surface area contributed by atoms with Gasteiger partial charge in [0.15, 0.2) is 0 Å².